The highest BCUT2D eigenvalue weighted by Gasteiger charge is 2.38. The molecule has 1 aliphatic heterocycles. The van der Waals surface area contributed by atoms with Crippen LogP contribution in [0.4, 0.5) is 10.5 Å². The van der Waals surface area contributed by atoms with Gasteiger partial charge in [0, 0.05) is 6.07 Å². The second kappa shape index (κ2) is 8.61. The smallest absolute Gasteiger partial charge is 0.336 e. The number of hydrogen-bond acceptors (Lipinski definition) is 7. The fourth-order valence-electron chi connectivity index (χ4n) is 2.85. The molecule has 0 unspecified atom stereocenters. The third-order valence-electron chi connectivity index (χ3n) is 4.31. The van der Waals surface area contributed by atoms with Crippen LogP contribution in [0.1, 0.15) is 5.56 Å². The third kappa shape index (κ3) is 3.90. The molecule has 10 heteroatoms. The minimum Gasteiger partial charge on any atom is -0.504 e. The Hall–Kier alpha value is -3.28. The summed E-state index contributed by atoms with van der Waals surface area (Å²) in [4.78, 5) is 38.8. The maximum Gasteiger partial charge on any atom is 0.336 e. The molecule has 0 aromatic heterocycles. The highest BCUT2D eigenvalue weighted by atomic mass is 127. The number of hydrogen-bond donors (Lipinski definition) is 2. The summed E-state index contributed by atoms with van der Waals surface area (Å²) >= 11 is 1.90. The van der Waals surface area contributed by atoms with E-state index in [1.165, 1.54) is 39.5 Å². The number of carbonyl (C=O) groups is 3. The summed E-state index contributed by atoms with van der Waals surface area (Å²) in [7, 11) is 4.22. The van der Waals surface area contributed by atoms with Crippen LogP contribution in [-0.2, 0) is 9.59 Å². The third-order valence-corrected chi connectivity index (χ3v) is 5.13. The van der Waals surface area contributed by atoms with Crippen molar-refractivity contribution in [1.29, 1.82) is 0 Å². The Bertz CT molecular complexity index is 1080. The van der Waals surface area contributed by atoms with Crippen LogP contribution in [0.3, 0.4) is 0 Å². The van der Waals surface area contributed by atoms with Gasteiger partial charge in [0.25, 0.3) is 11.8 Å². The molecular formula is C20H17IN2O7. The van der Waals surface area contributed by atoms with Gasteiger partial charge in [-0.25, -0.2) is 9.69 Å². The van der Waals surface area contributed by atoms with E-state index in [1.807, 2.05) is 22.6 Å². The number of anilines is 1. The number of benzene rings is 2. The van der Waals surface area contributed by atoms with Gasteiger partial charge in [-0.05, 0) is 58.5 Å². The highest BCUT2D eigenvalue weighted by molar-refractivity contribution is 14.1. The molecule has 0 spiro atoms. The number of ether oxygens (including phenoxy) is 3. The Morgan fingerprint density at radius 1 is 1.00 bits per heavy atom. The highest BCUT2D eigenvalue weighted by Crippen LogP contribution is 2.36. The zero-order chi connectivity index (χ0) is 22.0. The van der Waals surface area contributed by atoms with E-state index in [-0.39, 0.29) is 28.5 Å². The van der Waals surface area contributed by atoms with Crippen molar-refractivity contribution in [2.75, 3.05) is 26.2 Å². The molecular weight excluding hydrogens is 507 g/mol. The summed E-state index contributed by atoms with van der Waals surface area (Å²) in [6.45, 7) is 0. The fourth-order valence-corrected chi connectivity index (χ4v) is 3.47. The Morgan fingerprint density at radius 3 is 2.33 bits per heavy atom. The lowest BCUT2D eigenvalue weighted by Gasteiger charge is -2.27. The number of methoxy groups -OCH3 is 3. The van der Waals surface area contributed by atoms with E-state index in [0.717, 1.165) is 4.90 Å². The molecule has 2 N–H and O–H groups in total. The van der Waals surface area contributed by atoms with Crippen molar-refractivity contribution in [2.24, 2.45) is 0 Å². The molecule has 1 fully saturated rings. The normalized spacial score (nSPS) is 15.3. The van der Waals surface area contributed by atoms with Crippen molar-refractivity contribution < 1.29 is 33.7 Å². The number of halogens is 1. The van der Waals surface area contributed by atoms with Gasteiger partial charge < -0.3 is 19.3 Å². The average Bonchev–Trinajstić information content (AvgIpc) is 2.73. The van der Waals surface area contributed by atoms with Crippen molar-refractivity contribution in [3.63, 3.8) is 0 Å². The van der Waals surface area contributed by atoms with E-state index >= 15 is 0 Å². The second-order valence-corrected chi connectivity index (χ2v) is 7.21. The van der Waals surface area contributed by atoms with Crippen molar-refractivity contribution in [1.82, 2.24) is 5.32 Å². The summed E-state index contributed by atoms with van der Waals surface area (Å²) in [6, 6.07) is 6.74. The molecule has 2 aromatic rings. The van der Waals surface area contributed by atoms with Crippen LogP contribution in [0.2, 0.25) is 0 Å². The van der Waals surface area contributed by atoms with Gasteiger partial charge in [-0.2, -0.15) is 0 Å². The molecule has 1 heterocycles. The Labute approximate surface area is 185 Å². The number of nitrogens with one attached hydrogen (secondary N) is 1. The molecule has 2 aromatic carbocycles. The minimum atomic E-state index is -0.911. The molecule has 0 aliphatic carbocycles. The van der Waals surface area contributed by atoms with Crippen LogP contribution in [-0.4, -0.2) is 44.3 Å². The Morgan fingerprint density at radius 2 is 1.70 bits per heavy atom. The first kappa shape index (κ1) is 21.4. The largest absolute Gasteiger partial charge is 0.504 e. The number of rotatable bonds is 5. The fraction of sp³-hybridized carbons (Fsp3) is 0.150. The molecule has 0 saturated carbocycles. The lowest BCUT2D eigenvalue weighted by Crippen LogP contribution is -2.54. The number of phenols is 1. The van der Waals surface area contributed by atoms with Crippen LogP contribution in [0.15, 0.2) is 35.9 Å². The maximum atomic E-state index is 13.1. The lowest BCUT2D eigenvalue weighted by atomic mass is 10.1. The molecule has 3 rings (SSSR count). The van der Waals surface area contributed by atoms with Crippen molar-refractivity contribution >= 4 is 52.2 Å². The van der Waals surface area contributed by atoms with E-state index < -0.39 is 17.8 Å². The number of nitrogens with zero attached hydrogens (tertiary/aromatic N) is 1. The Kier molecular flexibility index (Phi) is 6.15. The van der Waals surface area contributed by atoms with Gasteiger partial charge in [0.2, 0.25) is 0 Å². The molecule has 1 aliphatic rings. The zero-order valence-electron chi connectivity index (χ0n) is 16.2. The van der Waals surface area contributed by atoms with Crippen LogP contribution in [0.5, 0.6) is 23.0 Å². The van der Waals surface area contributed by atoms with E-state index in [0.29, 0.717) is 14.9 Å². The van der Waals surface area contributed by atoms with Crippen LogP contribution in [0.25, 0.3) is 6.08 Å². The van der Waals surface area contributed by atoms with Gasteiger partial charge in [0.05, 0.1) is 30.6 Å². The molecule has 9 nitrogen and oxygen atoms in total. The first-order chi connectivity index (χ1) is 14.3. The molecule has 30 heavy (non-hydrogen) atoms. The summed E-state index contributed by atoms with van der Waals surface area (Å²) in [5.41, 5.74) is 0.276. The molecule has 0 atom stereocenters. The lowest BCUT2D eigenvalue weighted by molar-refractivity contribution is -0.122. The second-order valence-electron chi connectivity index (χ2n) is 6.05. The minimum absolute atomic E-state index is 0.0578. The Balaban J connectivity index is 2.10. The summed E-state index contributed by atoms with van der Waals surface area (Å²) in [5, 5.41) is 12.1. The van der Waals surface area contributed by atoms with Gasteiger partial charge in [0.15, 0.2) is 11.5 Å². The first-order valence-electron chi connectivity index (χ1n) is 8.50. The predicted octanol–water partition coefficient (Wildman–Crippen LogP) is 2.69. The number of imide groups is 2. The monoisotopic (exact) mass is 524 g/mol. The van der Waals surface area contributed by atoms with E-state index in [9.17, 15) is 19.5 Å². The van der Waals surface area contributed by atoms with Gasteiger partial charge in [-0.1, -0.05) is 0 Å². The van der Waals surface area contributed by atoms with Crippen LogP contribution < -0.4 is 24.4 Å². The molecule has 0 bridgehead atoms. The van der Waals surface area contributed by atoms with Gasteiger partial charge in [-0.15, -0.1) is 0 Å². The van der Waals surface area contributed by atoms with E-state index in [1.54, 1.807) is 18.2 Å². The molecule has 4 amide bonds. The maximum absolute atomic E-state index is 13.1. The average molecular weight is 524 g/mol. The van der Waals surface area contributed by atoms with Crippen LogP contribution >= 0.6 is 22.6 Å². The van der Waals surface area contributed by atoms with Crippen LogP contribution in [0, 0.1) is 3.57 Å². The van der Waals surface area contributed by atoms with E-state index in [2.05, 4.69) is 5.32 Å². The number of urea groups is 1. The number of barbiturate groups is 1. The SMILES string of the molecule is COc1ccc(OC)c(N2C(=O)NC(=O)C(=Cc3cc(I)c(O)c(OC)c3)C2=O)c1. The van der Waals surface area contributed by atoms with Crippen molar-refractivity contribution in [3.8, 4) is 23.0 Å². The van der Waals surface area contributed by atoms with Crippen molar-refractivity contribution in [3.05, 3.63) is 45.0 Å². The summed E-state index contributed by atoms with van der Waals surface area (Å²) in [6.07, 6.45) is 1.31. The number of aromatic hydroxyl groups is 1. The van der Waals surface area contributed by atoms with Gasteiger partial charge in [-0.3, -0.25) is 14.9 Å². The topological polar surface area (TPSA) is 114 Å². The quantitative estimate of drug-likeness (QED) is 0.351. The number of phenolic OH excluding ortho intramolecular Hbond substituents is 1. The predicted molar refractivity (Wildman–Crippen MR) is 116 cm³/mol. The standard InChI is InChI=1S/C20H17IN2O7/c1-28-11-4-5-15(29-2)14(9-11)23-19(26)12(18(25)22-20(23)27)6-10-7-13(21)17(24)16(8-10)30-3/h4-9,24H,1-3H3,(H,22,25,27). The number of carbonyl (C=O) groups excluding carboxylic acids is 3. The van der Waals surface area contributed by atoms with Crippen molar-refractivity contribution in [2.45, 2.75) is 0 Å². The van der Waals surface area contributed by atoms with Gasteiger partial charge in [0.1, 0.15) is 17.1 Å². The molecule has 156 valence electrons. The molecule has 0 radical (unpaired) electrons. The number of amides is 4. The zero-order valence-corrected chi connectivity index (χ0v) is 18.3. The molecule has 1 saturated heterocycles. The summed E-state index contributed by atoms with van der Waals surface area (Å²) in [5.74, 6) is -0.916. The summed E-state index contributed by atoms with van der Waals surface area (Å²) < 4.78 is 16.0. The van der Waals surface area contributed by atoms with Gasteiger partial charge >= 0.3 is 6.03 Å². The van der Waals surface area contributed by atoms with E-state index in [4.69, 9.17) is 14.2 Å². The first-order valence-corrected chi connectivity index (χ1v) is 9.58.